The van der Waals surface area contributed by atoms with E-state index in [1.165, 1.54) is 36.4 Å². The number of benzene rings is 1. The molecule has 0 saturated carbocycles. The normalized spacial score (nSPS) is 14.9. The molecule has 1 amide bonds. The first-order chi connectivity index (χ1) is 14.8. The number of rotatable bonds is 5. The van der Waals surface area contributed by atoms with E-state index in [1.807, 2.05) is 13.0 Å². The average molecular weight is 432 g/mol. The molecular formula is C21H19F3N4O3. The van der Waals surface area contributed by atoms with E-state index in [9.17, 15) is 18.0 Å². The summed E-state index contributed by atoms with van der Waals surface area (Å²) in [5, 5.41) is 14.4. The number of carbonyl (C=O) groups excluding carboxylic acids is 1. The Morgan fingerprint density at radius 2 is 1.97 bits per heavy atom. The maximum Gasteiger partial charge on any atom is 0.573 e. The van der Waals surface area contributed by atoms with Crippen LogP contribution in [0.3, 0.4) is 0 Å². The van der Waals surface area contributed by atoms with Gasteiger partial charge >= 0.3 is 6.36 Å². The Balaban J connectivity index is 1.64. The number of hydrogen-bond acceptors (Lipinski definition) is 5. The van der Waals surface area contributed by atoms with Crippen molar-refractivity contribution in [1.29, 1.82) is 0 Å². The Morgan fingerprint density at radius 1 is 1.26 bits per heavy atom. The van der Waals surface area contributed by atoms with Crippen LogP contribution in [0.25, 0.3) is 16.7 Å². The molecule has 1 aromatic carbocycles. The highest BCUT2D eigenvalue weighted by molar-refractivity contribution is 5.89. The molecule has 0 atom stereocenters. The van der Waals surface area contributed by atoms with Crippen LogP contribution in [0.4, 0.5) is 13.2 Å². The van der Waals surface area contributed by atoms with Gasteiger partial charge in [0, 0.05) is 36.7 Å². The van der Waals surface area contributed by atoms with Gasteiger partial charge in [-0.2, -0.15) is 5.10 Å². The molecule has 3 heterocycles. The van der Waals surface area contributed by atoms with Gasteiger partial charge in [-0.05, 0) is 42.8 Å². The summed E-state index contributed by atoms with van der Waals surface area (Å²) in [5.41, 5.74) is 2.88. The number of likely N-dealkylation sites (tertiary alicyclic amines) is 1. The van der Waals surface area contributed by atoms with Gasteiger partial charge in [0.25, 0.3) is 0 Å². The molecule has 1 N–H and O–H groups in total. The van der Waals surface area contributed by atoms with Crippen LogP contribution in [0.5, 0.6) is 5.75 Å². The minimum atomic E-state index is -4.76. The lowest BCUT2D eigenvalue weighted by atomic mass is 9.93. The summed E-state index contributed by atoms with van der Waals surface area (Å²) in [4.78, 5) is 18.1. The van der Waals surface area contributed by atoms with Crippen LogP contribution in [-0.4, -0.2) is 56.7 Å². The molecule has 0 radical (unpaired) electrons. The van der Waals surface area contributed by atoms with Gasteiger partial charge in [0.15, 0.2) is 5.65 Å². The maximum absolute atomic E-state index is 12.4. The highest BCUT2D eigenvalue weighted by Crippen LogP contribution is 2.34. The zero-order chi connectivity index (χ0) is 22.2. The lowest BCUT2D eigenvalue weighted by Gasteiger charge is -2.38. The van der Waals surface area contributed by atoms with Crippen LogP contribution < -0.4 is 4.74 Å². The number of nitrogens with zero attached hydrogens (tertiary/aromatic N) is 4. The predicted octanol–water partition coefficient (Wildman–Crippen LogP) is 3.10. The summed E-state index contributed by atoms with van der Waals surface area (Å²) in [6.45, 7) is 2.70. The van der Waals surface area contributed by atoms with Gasteiger partial charge in [0.2, 0.25) is 5.91 Å². The topological polar surface area (TPSA) is 80.5 Å². The first kappa shape index (κ1) is 20.9. The first-order valence-electron chi connectivity index (χ1n) is 9.53. The Morgan fingerprint density at radius 3 is 2.61 bits per heavy atom. The van der Waals surface area contributed by atoms with E-state index in [4.69, 9.17) is 10.2 Å². The smallest absolute Gasteiger partial charge is 0.406 e. The summed E-state index contributed by atoms with van der Waals surface area (Å²) in [6, 6.07) is 7.28. The molecule has 0 unspecified atom stereocenters. The molecule has 0 spiro atoms. The fourth-order valence-electron chi connectivity index (χ4n) is 3.57. The fourth-order valence-corrected chi connectivity index (χ4v) is 3.57. The number of halogens is 3. The molecule has 2 aromatic heterocycles. The van der Waals surface area contributed by atoms with E-state index >= 15 is 0 Å². The monoisotopic (exact) mass is 432 g/mol. The molecule has 7 nitrogen and oxygen atoms in total. The van der Waals surface area contributed by atoms with Crippen LogP contribution in [0.2, 0.25) is 0 Å². The third kappa shape index (κ3) is 4.24. The van der Waals surface area contributed by atoms with Gasteiger partial charge in [-0.1, -0.05) is 6.08 Å². The van der Waals surface area contributed by atoms with Crippen LogP contribution >= 0.6 is 0 Å². The molecule has 0 aliphatic carbocycles. The van der Waals surface area contributed by atoms with Gasteiger partial charge in [0.05, 0.1) is 18.0 Å². The first-order valence-corrected chi connectivity index (χ1v) is 9.53. The third-order valence-electron chi connectivity index (χ3n) is 5.06. The Kier molecular flexibility index (Phi) is 5.40. The predicted molar refractivity (Wildman–Crippen MR) is 106 cm³/mol. The molecule has 4 rings (SSSR count). The lowest BCUT2D eigenvalue weighted by molar-refractivity contribution is -0.274. The van der Waals surface area contributed by atoms with Crippen molar-refractivity contribution in [2.45, 2.75) is 19.2 Å². The van der Waals surface area contributed by atoms with E-state index in [2.05, 4.69) is 9.72 Å². The number of amides is 1. The second kappa shape index (κ2) is 8.03. The number of ether oxygens (including phenoxy) is 1. The highest BCUT2D eigenvalue weighted by atomic mass is 19.4. The summed E-state index contributed by atoms with van der Waals surface area (Å²) < 4.78 is 42.8. The SMILES string of the molecule is Cc1ccnc2c1c(C1CN(C(=O)/C=C/CO)C1)nn2-c1ccc(OC(F)(F)F)cc1. The molecule has 3 aromatic rings. The molecule has 1 saturated heterocycles. The van der Waals surface area contributed by atoms with Crippen molar-refractivity contribution in [1.82, 2.24) is 19.7 Å². The van der Waals surface area contributed by atoms with Gasteiger partial charge in [-0.25, -0.2) is 9.67 Å². The van der Waals surface area contributed by atoms with Crippen molar-refractivity contribution >= 4 is 16.9 Å². The highest BCUT2D eigenvalue weighted by Gasteiger charge is 2.35. The fraction of sp³-hybridized carbons (Fsp3) is 0.286. The van der Waals surface area contributed by atoms with Crippen LogP contribution in [-0.2, 0) is 4.79 Å². The van der Waals surface area contributed by atoms with Crippen LogP contribution in [0.15, 0.2) is 48.7 Å². The van der Waals surface area contributed by atoms with Crippen LogP contribution in [0, 0.1) is 6.92 Å². The summed E-state index contributed by atoms with van der Waals surface area (Å²) in [5.74, 6) is -0.490. The summed E-state index contributed by atoms with van der Waals surface area (Å²) in [7, 11) is 0. The molecule has 1 fully saturated rings. The largest absolute Gasteiger partial charge is 0.573 e. The third-order valence-corrected chi connectivity index (χ3v) is 5.06. The molecule has 31 heavy (non-hydrogen) atoms. The molecular weight excluding hydrogens is 413 g/mol. The van der Waals surface area contributed by atoms with Gasteiger partial charge in [-0.3, -0.25) is 4.79 Å². The van der Waals surface area contributed by atoms with Crippen LogP contribution in [0.1, 0.15) is 17.2 Å². The Hall–Kier alpha value is -3.40. The molecule has 1 aliphatic rings. The summed E-state index contributed by atoms with van der Waals surface area (Å²) in [6.07, 6.45) is -0.382. The molecule has 0 bridgehead atoms. The Bertz CT molecular complexity index is 1130. The van der Waals surface area contributed by atoms with Gasteiger partial charge in [0.1, 0.15) is 5.75 Å². The van der Waals surface area contributed by atoms with E-state index in [-0.39, 0.29) is 24.2 Å². The van der Waals surface area contributed by atoms with Crippen molar-refractivity contribution in [2.75, 3.05) is 19.7 Å². The minimum Gasteiger partial charge on any atom is -0.406 e. The number of aliphatic hydroxyl groups is 1. The number of aliphatic hydroxyl groups excluding tert-OH is 1. The average Bonchev–Trinajstić information content (AvgIpc) is 3.05. The minimum absolute atomic E-state index is 0.00552. The number of alkyl halides is 3. The lowest BCUT2D eigenvalue weighted by Crippen LogP contribution is -2.48. The molecule has 10 heteroatoms. The number of fused-ring (bicyclic) bond motifs is 1. The molecule has 162 valence electrons. The number of aromatic nitrogens is 3. The number of pyridine rings is 1. The van der Waals surface area contributed by atoms with E-state index in [1.54, 1.807) is 15.8 Å². The molecule has 1 aliphatic heterocycles. The standard InChI is InChI=1S/C21H19F3N4O3/c1-13-8-9-25-20-18(13)19(14-11-27(12-14)17(30)3-2-10-29)26-28(20)15-4-6-16(7-5-15)31-21(22,23)24/h2-9,14,29H,10-12H2,1H3/b3-2+. The number of aryl methyl sites for hydroxylation is 1. The maximum atomic E-state index is 12.4. The van der Waals surface area contributed by atoms with E-state index in [0.717, 1.165) is 16.6 Å². The zero-order valence-electron chi connectivity index (χ0n) is 16.5. The second-order valence-electron chi connectivity index (χ2n) is 7.19. The van der Waals surface area contributed by atoms with E-state index in [0.29, 0.717) is 24.4 Å². The van der Waals surface area contributed by atoms with Crippen molar-refractivity contribution < 1.29 is 27.8 Å². The van der Waals surface area contributed by atoms with Gasteiger partial charge < -0.3 is 14.7 Å². The van der Waals surface area contributed by atoms with Crippen molar-refractivity contribution in [3.05, 3.63) is 59.9 Å². The van der Waals surface area contributed by atoms with Gasteiger partial charge in [-0.15, -0.1) is 13.2 Å². The second-order valence-corrected chi connectivity index (χ2v) is 7.19. The van der Waals surface area contributed by atoms with E-state index < -0.39 is 6.36 Å². The van der Waals surface area contributed by atoms with Crippen molar-refractivity contribution in [3.63, 3.8) is 0 Å². The van der Waals surface area contributed by atoms with Crippen molar-refractivity contribution in [3.8, 4) is 11.4 Å². The Labute approximate surface area is 175 Å². The number of carbonyl (C=O) groups is 1. The number of hydrogen-bond donors (Lipinski definition) is 1. The quantitative estimate of drug-likeness (QED) is 0.627. The summed E-state index contributed by atoms with van der Waals surface area (Å²) >= 11 is 0. The van der Waals surface area contributed by atoms with Crippen molar-refractivity contribution in [2.24, 2.45) is 0 Å². The zero-order valence-corrected chi connectivity index (χ0v) is 16.5.